The van der Waals surface area contributed by atoms with Gasteiger partial charge in [0.25, 0.3) is 0 Å². The molecule has 7 heteroatoms. The third kappa shape index (κ3) is 3.55. The standard InChI is InChI=1S/C8H13N3O4/c9-6(13)2-10-7(14)4-11-3-5(12)1-8(11)15/h5,12H,1-4H2,(H2,9,13)(H,10,14)/t5-/m0/s1. The number of hydrogen-bond acceptors (Lipinski definition) is 4. The van der Waals surface area contributed by atoms with Crippen molar-refractivity contribution in [1.82, 2.24) is 10.2 Å². The fourth-order valence-electron chi connectivity index (χ4n) is 1.32. The highest BCUT2D eigenvalue weighted by molar-refractivity contribution is 5.88. The van der Waals surface area contributed by atoms with E-state index in [1.165, 1.54) is 4.90 Å². The molecular weight excluding hydrogens is 202 g/mol. The van der Waals surface area contributed by atoms with Gasteiger partial charge in [0.15, 0.2) is 0 Å². The second kappa shape index (κ2) is 4.74. The topological polar surface area (TPSA) is 113 Å². The lowest BCUT2D eigenvalue weighted by molar-refractivity contribution is -0.133. The Morgan fingerprint density at radius 1 is 1.60 bits per heavy atom. The lowest BCUT2D eigenvalue weighted by Gasteiger charge is -2.14. The van der Waals surface area contributed by atoms with Crippen LogP contribution in [0.15, 0.2) is 0 Å². The molecule has 0 aromatic heterocycles. The van der Waals surface area contributed by atoms with Crippen molar-refractivity contribution in [3.05, 3.63) is 0 Å². The second-order valence-electron chi connectivity index (χ2n) is 3.38. The van der Waals surface area contributed by atoms with E-state index in [0.29, 0.717) is 0 Å². The minimum Gasteiger partial charge on any atom is -0.391 e. The molecule has 0 spiro atoms. The zero-order chi connectivity index (χ0) is 11.4. The Hall–Kier alpha value is -1.63. The molecule has 15 heavy (non-hydrogen) atoms. The van der Waals surface area contributed by atoms with E-state index in [4.69, 9.17) is 10.8 Å². The highest BCUT2D eigenvalue weighted by atomic mass is 16.3. The summed E-state index contributed by atoms with van der Waals surface area (Å²) in [5, 5.41) is 11.4. The molecule has 1 fully saturated rings. The van der Waals surface area contributed by atoms with Crippen LogP contribution >= 0.6 is 0 Å². The smallest absolute Gasteiger partial charge is 0.240 e. The number of hydrogen-bond donors (Lipinski definition) is 3. The lowest BCUT2D eigenvalue weighted by atomic mass is 10.3. The van der Waals surface area contributed by atoms with Gasteiger partial charge in [-0.25, -0.2) is 0 Å². The molecule has 4 N–H and O–H groups in total. The van der Waals surface area contributed by atoms with Crippen molar-refractivity contribution < 1.29 is 19.5 Å². The van der Waals surface area contributed by atoms with Crippen LogP contribution in [-0.4, -0.2) is 53.5 Å². The number of β-amino-alcohol motifs (C(OH)–C–C–N with tert-alkyl or cyclic N) is 1. The minimum atomic E-state index is -0.707. The van der Waals surface area contributed by atoms with Gasteiger partial charge in [-0.2, -0.15) is 0 Å². The third-order valence-corrected chi connectivity index (χ3v) is 1.99. The van der Waals surface area contributed by atoms with Crippen LogP contribution in [0.3, 0.4) is 0 Å². The molecule has 3 amide bonds. The van der Waals surface area contributed by atoms with E-state index in [1.807, 2.05) is 0 Å². The summed E-state index contributed by atoms with van der Waals surface area (Å²) in [5.74, 6) is -1.37. The van der Waals surface area contributed by atoms with Gasteiger partial charge in [-0.1, -0.05) is 0 Å². The maximum Gasteiger partial charge on any atom is 0.240 e. The van der Waals surface area contributed by atoms with Crippen LogP contribution in [0.1, 0.15) is 6.42 Å². The normalized spacial score (nSPS) is 20.5. The average molecular weight is 215 g/mol. The largest absolute Gasteiger partial charge is 0.391 e. The predicted octanol–water partition coefficient (Wildman–Crippen LogP) is -2.82. The minimum absolute atomic E-state index is 0.0447. The number of amides is 3. The van der Waals surface area contributed by atoms with E-state index >= 15 is 0 Å². The van der Waals surface area contributed by atoms with Gasteiger partial charge in [0, 0.05) is 6.54 Å². The van der Waals surface area contributed by atoms with Gasteiger partial charge in [-0.3, -0.25) is 14.4 Å². The molecule has 1 aliphatic rings. The molecule has 0 bridgehead atoms. The molecule has 1 heterocycles. The van der Waals surface area contributed by atoms with Crippen LogP contribution in [0.5, 0.6) is 0 Å². The summed E-state index contributed by atoms with van der Waals surface area (Å²) in [7, 11) is 0. The van der Waals surface area contributed by atoms with Crippen molar-refractivity contribution in [2.45, 2.75) is 12.5 Å². The number of carbonyl (C=O) groups is 3. The van der Waals surface area contributed by atoms with Gasteiger partial charge in [0.05, 0.1) is 25.6 Å². The van der Waals surface area contributed by atoms with E-state index in [0.717, 1.165) is 0 Å². The predicted molar refractivity (Wildman–Crippen MR) is 49.4 cm³/mol. The fraction of sp³-hybridized carbons (Fsp3) is 0.625. The quantitative estimate of drug-likeness (QED) is 0.469. The van der Waals surface area contributed by atoms with Gasteiger partial charge in [-0.15, -0.1) is 0 Å². The molecule has 1 saturated heterocycles. The van der Waals surface area contributed by atoms with Gasteiger partial charge >= 0.3 is 0 Å². The van der Waals surface area contributed by atoms with Gasteiger partial charge < -0.3 is 21.1 Å². The van der Waals surface area contributed by atoms with E-state index in [2.05, 4.69) is 5.32 Å². The van der Waals surface area contributed by atoms with Crippen molar-refractivity contribution in [3.8, 4) is 0 Å². The van der Waals surface area contributed by atoms with E-state index in [9.17, 15) is 14.4 Å². The molecule has 84 valence electrons. The second-order valence-corrected chi connectivity index (χ2v) is 3.38. The van der Waals surface area contributed by atoms with Crippen molar-refractivity contribution in [3.63, 3.8) is 0 Å². The number of nitrogens with one attached hydrogen (secondary N) is 1. The molecule has 0 aromatic rings. The van der Waals surface area contributed by atoms with Gasteiger partial charge in [-0.05, 0) is 0 Å². The summed E-state index contributed by atoms with van der Waals surface area (Å²) in [5.41, 5.74) is 4.82. The number of aliphatic hydroxyl groups excluding tert-OH is 1. The van der Waals surface area contributed by atoms with Crippen LogP contribution in [0.4, 0.5) is 0 Å². The lowest BCUT2D eigenvalue weighted by Crippen LogP contribution is -2.41. The Kier molecular flexibility index (Phi) is 3.62. The highest BCUT2D eigenvalue weighted by Gasteiger charge is 2.29. The van der Waals surface area contributed by atoms with Gasteiger partial charge in [0.1, 0.15) is 0 Å². The maximum absolute atomic E-state index is 11.2. The Bertz CT molecular complexity index is 292. The van der Waals surface area contributed by atoms with Crippen LogP contribution in [0.2, 0.25) is 0 Å². The molecule has 1 aliphatic heterocycles. The molecule has 0 unspecified atom stereocenters. The summed E-state index contributed by atoms with van der Waals surface area (Å²) in [6.45, 7) is -0.241. The van der Waals surface area contributed by atoms with Crippen LogP contribution < -0.4 is 11.1 Å². The summed E-state index contributed by atoms with van der Waals surface area (Å²) in [6.07, 6.45) is -0.662. The summed E-state index contributed by atoms with van der Waals surface area (Å²) in [4.78, 5) is 33.9. The average Bonchev–Trinajstić information content (AvgIpc) is 2.42. The SMILES string of the molecule is NC(=O)CNC(=O)CN1C[C@@H](O)CC1=O. The molecule has 0 saturated carbocycles. The molecule has 0 radical (unpaired) electrons. The van der Waals surface area contributed by atoms with Crippen LogP contribution in [0, 0.1) is 0 Å². The van der Waals surface area contributed by atoms with Crippen LogP contribution in [0.25, 0.3) is 0 Å². The third-order valence-electron chi connectivity index (χ3n) is 1.99. The van der Waals surface area contributed by atoms with Crippen molar-refractivity contribution in [2.24, 2.45) is 5.73 Å². The Morgan fingerprint density at radius 2 is 2.27 bits per heavy atom. The number of carbonyl (C=O) groups excluding carboxylic acids is 3. The first-order chi connectivity index (χ1) is 6.99. The maximum atomic E-state index is 11.2. The zero-order valence-corrected chi connectivity index (χ0v) is 8.10. The number of rotatable bonds is 4. The van der Waals surface area contributed by atoms with Crippen molar-refractivity contribution >= 4 is 17.7 Å². The Balaban J connectivity index is 2.32. The first-order valence-electron chi connectivity index (χ1n) is 4.50. The van der Waals surface area contributed by atoms with Gasteiger partial charge in [0.2, 0.25) is 17.7 Å². The number of primary amides is 1. The number of nitrogens with zero attached hydrogens (tertiary/aromatic N) is 1. The fourth-order valence-corrected chi connectivity index (χ4v) is 1.32. The molecular formula is C8H13N3O4. The molecule has 0 aromatic carbocycles. The van der Waals surface area contributed by atoms with Crippen LogP contribution in [-0.2, 0) is 14.4 Å². The van der Waals surface area contributed by atoms with Crippen molar-refractivity contribution in [2.75, 3.05) is 19.6 Å². The van der Waals surface area contributed by atoms with E-state index in [1.54, 1.807) is 0 Å². The van der Waals surface area contributed by atoms with Crippen molar-refractivity contribution in [1.29, 1.82) is 0 Å². The first kappa shape index (κ1) is 11.4. The monoisotopic (exact) mass is 215 g/mol. The summed E-state index contributed by atoms with van der Waals surface area (Å²) in [6, 6.07) is 0. The first-order valence-corrected chi connectivity index (χ1v) is 4.50. The highest BCUT2D eigenvalue weighted by Crippen LogP contribution is 2.09. The number of aliphatic hydroxyl groups is 1. The number of likely N-dealkylation sites (tertiary alicyclic amines) is 1. The van der Waals surface area contributed by atoms with E-state index < -0.39 is 17.9 Å². The Morgan fingerprint density at radius 3 is 2.73 bits per heavy atom. The molecule has 0 aliphatic carbocycles. The van der Waals surface area contributed by atoms with E-state index in [-0.39, 0.29) is 32.0 Å². The summed E-state index contributed by atoms with van der Waals surface area (Å²) < 4.78 is 0. The number of nitrogens with two attached hydrogens (primary N) is 1. The molecule has 1 rings (SSSR count). The summed E-state index contributed by atoms with van der Waals surface area (Å²) >= 11 is 0. The zero-order valence-electron chi connectivity index (χ0n) is 8.10. The Labute approximate surface area is 86.2 Å². The molecule has 1 atom stereocenters. The molecule has 7 nitrogen and oxygen atoms in total.